The van der Waals surface area contributed by atoms with Crippen molar-refractivity contribution in [1.82, 2.24) is 0 Å². The molecule has 114 valence electrons. The molecule has 2 fully saturated rings. The number of hydrogen-bond acceptors (Lipinski definition) is 2. The Balaban J connectivity index is 2.40. The molecule has 0 radical (unpaired) electrons. The Morgan fingerprint density at radius 2 is 1.80 bits per heavy atom. The highest BCUT2D eigenvalue weighted by Crippen LogP contribution is 2.62. The van der Waals surface area contributed by atoms with E-state index >= 15 is 0 Å². The fourth-order valence-corrected chi connectivity index (χ4v) is 5.22. The van der Waals surface area contributed by atoms with Crippen LogP contribution in [0.15, 0.2) is 12.2 Å². The van der Waals surface area contributed by atoms with Gasteiger partial charge in [0.2, 0.25) is 0 Å². The zero-order valence-electron chi connectivity index (χ0n) is 13.7. The van der Waals surface area contributed by atoms with Crippen LogP contribution >= 0.6 is 0 Å². The van der Waals surface area contributed by atoms with Crippen molar-refractivity contribution in [3.8, 4) is 0 Å². The van der Waals surface area contributed by atoms with Gasteiger partial charge in [0.05, 0.1) is 5.60 Å². The summed E-state index contributed by atoms with van der Waals surface area (Å²) in [5.41, 5.74) is -0.244. The number of carbonyl (C=O) groups is 1. The monoisotopic (exact) mass is 278 g/mol. The van der Waals surface area contributed by atoms with Gasteiger partial charge in [-0.25, -0.2) is 0 Å². The third-order valence-electron chi connectivity index (χ3n) is 6.12. The van der Waals surface area contributed by atoms with Gasteiger partial charge in [0.15, 0.2) is 5.78 Å². The lowest BCUT2D eigenvalue weighted by atomic mass is 9.45. The van der Waals surface area contributed by atoms with Crippen molar-refractivity contribution in [2.75, 3.05) is 0 Å². The molecule has 2 nitrogen and oxygen atoms in total. The van der Waals surface area contributed by atoms with Gasteiger partial charge in [0.1, 0.15) is 0 Å². The molecule has 0 spiro atoms. The van der Waals surface area contributed by atoms with Crippen LogP contribution in [0.5, 0.6) is 0 Å². The first-order valence-corrected chi connectivity index (χ1v) is 8.01. The van der Waals surface area contributed by atoms with Gasteiger partial charge in [-0.2, -0.15) is 0 Å². The summed E-state index contributed by atoms with van der Waals surface area (Å²) in [7, 11) is 0. The second kappa shape index (κ2) is 4.98. The van der Waals surface area contributed by atoms with Crippen molar-refractivity contribution in [3.63, 3.8) is 0 Å². The van der Waals surface area contributed by atoms with Crippen LogP contribution in [-0.2, 0) is 4.79 Å². The molecule has 0 bridgehead atoms. The van der Waals surface area contributed by atoms with Crippen molar-refractivity contribution < 1.29 is 9.90 Å². The van der Waals surface area contributed by atoms with Gasteiger partial charge in [0.25, 0.3) is 0 Å². The second-order valence-electron chi connectivity index (χ2n) is 8.24. The van der Waals surface area contributed by atoms with Crippen LogP contribution in [0.3, 0.4) is 0 Å². The Morgan fingerprint density at radius 3 is 2.40 bits per heavy atom. The van der Waals surface area contributed by atoms with E-state index in [2.05, 4.69) is 20.8 Å². The van der Waals surface area contributed by atoms with Crippen LogP contribution < -0.4 is 0 Å². The summed E-state index contributed by atoms with van der Waals surface area (Å²) in [6, 6.07) is 0. The lowest BCUT2D eigenvalue weighted by molar-refractivity contribution is -0.149. The molecule has 1 N–H and O–H groups in total. The molecular weight excluding hydrogens is 248 g/mol. The molecule has 2 aliphatic carbocycles. The summed E-state index contributed by atoms with van der Waals surface area (Å²) >= 11 is 0. The number of rotatable bonds is 2. The van der Waals surface area contributed by atoms with Gasteiger partial charge in [-0.05, 0) is 62.4 Å². The number of hydrogen-bond donors (Lipinski definition) is 1. The average molecular weight is 278 g/mol. The molecule has 4 atom stereocenters. The minimum Gasteiger partial charge on any atom is -0.390 e. The quantitative estimate of drug-likeness (QED) is 0.771. The minimum absolute atomic E-state index is 0.0709. The van der Waals surface area contributed by atoms with Gasteiger partial charge in [-0.1, -0.05) is 33.3 Å². The van der Waals surface area contributed by atoms with E-state index in [1.165, 1.54) is 12.8 Å². The van der Waals surface area contributed by atoms with Crippen LogP contribution in [-0.4, -0.2) is 16.5 Å². The van der Waals surface area contributed by atoms with Crippen molar-refractivity contribution in [3.05, 3.63) is 12.2 Å². The first kappa shape index (κ1) is 15.8. The Bertz CT molecular complexity index is 419. The first-order chi connectivity index (χ1) is 9.09. The SMILES string of the molecule is CC(=O)/C=C/[C@@H]1[C@@]2(C)CCCC(C)(C)[C@@H]2CC[C@]1(C)O. The zero-order valence-corrected chi connectivity index (χ0v) is 13.7. The summed E-state index contributed by atoms with van der Waals surface area (Å²) in [6.07, 6.45) is 9.25. The number of ketones is 1. The summed E-state index contributed by atoms with van der Waals surface area (Å²) < 4.78 is 0. The van der Waals surface area contributed by atoms with E-state index in [9.17, 15) is 9.90 Å². The molecule has 2 aliphatic rings. The third kappa shape index (κ3) is 2.59. The topological polar surface area (TPSA) is 37.3 Å². The molecule has 2 heteroatoms. The van der Waals surface area contributed by atoms with E-state index in [-0.39, 0.29) is 17.1 Å². The molecule has 0 aromatic heterocycles. The van der Waals surface area contributed by atoms with Crippen LogP contribution in [0.2, 0.25) is 0 Å². The maximum Gasteiger partial charge on any atom is 0.152 e. The van der Waals surface area contributed by atoms with Crippen LogP contribution in [0.25, 0.3) is 0 Å². The predicted octanol–water partition coefficient (Wildman–Crippen LogP) is 4.13. The maximum absolute atomic E-state index is 11.3. The Labute approximate surface area is 123 Å². The summed E-state index contributed by atoms with van der Waals surface area (Å²) in [4.78, 5) is 11.3. The van der Waals surface area contributed by atoms with Crippen molar-refractivity contribution in [1.29, 1.82) is 0 Å². The van der Waals surface area contributed by atoms with Crippen LogP contribution in [0.1, 0.15) is 66.7 Å². The lowest BCUT2D eigenvalue weighted by Crippen LogP contribution is -2.56. The van der Waals surface area contributed by atoms with Gasteiger partial charge >= 0.3 is 0 Å². The fourth-order valence-electron chi connectivity index (χ4n) is 5.22. The number of fused-ring (bicyclic) bond motifs is 1. The van der Waals surface area contributed by atoms with Gasteiger partial charge in [0, 0.05) is 5.92 Å². The van der Waals surface area contributed by atoms with Crippen molar-refractivity contribution in [2.45, 2.75) is 72.3 Å². The van der Waals surface area contributed by atoms with Gasteiger partial charge in [-0.3, -0.25) is 4.79 Å². The highest BCUT2D eigenvalue weighted by Gasteiger charge is 2.57. The van der Waals surface area contributed by atoms with Gasteiger partial charge in [-0.15, -0.1) is 0 Å². The maximum atomic E-state index is 11.3. The third-order valence-corrected chi connectivity index (χ3v) is 6.12. The molecule has 0 heterocycles. The molecule has 0 aliphatic heterocycles. The summed E-state index contributed by atoms with van der Waals surface area (Å²) in [5.74, 6) is 0.782. The van der Waals surface area contributed by atoms with E-state index in [0.717, 1.165) is 19.3 Å². The smallest absolute Gasteiger partial charge is 0.152 e. The van der Waals surface area contributed by atoms with Gasteiger partial charge < -0.3 is 5.11 Å². The molecule has 0 saturated heterocycles. The Morgan fingerprint density at radius 1 is 1.15 bits per heavy atom. The normalized spacial score (nSPS) is 44.3. The lowest BCUT2D eigenvalue weighted by Gasteiger charge is -2.60. The highest BCUT2D eigenvalue weighted by molar-refractivity contribution is 5.87. The minimum atomic E-state index is -0.690. The zero-order chi connectivity index (χ0) is 15.2. The molecule has 0 aromatic rings. The number of carbonyl (C=O) groups excluding carboxylic acids is 1. The molecule has 0 unspecified atom stereocenters. The Kier molecular flexibility index (Phi) is 3.92. The van der Waals surface area contributed by atoms with Crippen LogP contribution in [0.4, 0.5) is 0 Å². The van der Waals surface area contributed by atoms with E-state index in [4.69, 9.17) is 0 Å². The summed E-state index contributed by atoms with van der Waals surface area (Å²) in [6.45, 7) is 10.6. The summed E-state index contributed by atoms with van der Waals surface area (Å²) in [5, 5.41) is 10.9. The van der Waals surface area contributed by atoms with E-state index in [1.54, 1.807) is 13.0 Å². The van der Waals surface area contributed by atoms with Crippen molar-refractivity contribution >= 4 is 5.78 Å². The molecule has 0 amide bonds. The predicted molar refractivity (Wildman–Crippen MR) is 82.4 cm³/mol. The molecule has 20 heavy (non-hydrogen) atoms. The van der Waals surface area contributed by atoms with E-state index < -0.39 is 5.60 Å². The molecule has 2 saturated carbocycles. The molecular formula is C18H30O2. The molecule has 0 aromatic carbocycles. The fraction of sp³-hybridized carbons (Fsp3) is 0.833. The van der Waals surface area contributed by atoms with Crippen LogP contribution in [0, 0.1) is 22.7 Å². The number of aliphatic hydroxyl groups is 1. The average Bonchev–Trinajstić information content (AvgIpc) is 2.25. The Hall–Kier alpha value is -0.630. The first-order valence-electron chi connectivity index (χ1n) is 8.01. The number of allylic oxidation sites excluding steroid dienone is 1. The largest absolute Gasteiger partial charge is 0.390 e. The molecule has 2 rings (SSSR count). The van der Waals surface area contributed by atoms with E-state index in [0.29, 0.717) is 11.3 Å². The van der Waals surface area contributed by atoms with E-state index in [1.807, 2.05) is 13.0 Å². The second-order valence-corrected chi connectivity index (χ2v) is 8.24. The highest BCUT2D eigenvalue weighted by atomic mass is 16.3. The standard InChI is InChI=1S/C18H30O2/c1-13(19)7-8-15-17(4)11-6-10-16(2,3)14(17)9-12-18(15,5)20/h7-8,14-15,20H,6,9-12H2,1-5H3/b8-7+/t14-,15+,17-,18-/m0/s1. The van der Waals surface area contributed by atoms with Crippen molar-refractivity contribution in [2.24, 2.45) is 22.7 Å².